The number of piperidine rings is 1. The van der Waals surface area contributed by atoms with Crippen LogP contribution >= 0.6 is 11.6 Å². The fraction of sp³-hybridized carbons (Fsp3) is 0.643. The zero-order chi connectivity index (χ0) is 14.0. The Kier molecular flexibility index (Phi) is 4.53. The lowest BCUT2D eigenvalue weighted by atomic mass is 10.0. The van der Waals surface area contributed by atoms with Gasteiger partial charge in [-0.25, -0.2) is 0 Å². The van der Waals surface area contributed by atoms with Crippen LogP contribution in [0.1, 0.15) is 37.0 Å². The molecule has 1 aromatic heterocycles. The Balaban J connectivity index is 1.96. The lowest BCUT2D eigenvalue weighted by molar-refractivity contribution is 0.0615. The highest BCUT2D eigenvalue weighted by Gasteiger charge is 2.28. The fourth-order valence-corrected chi connectivity index (χ4v) is 2.79. The van der Waals surface area contributed by atoms with E-state index in [1.165, 1.54) is 6.26 Å². The quantitative estimate of drug-likeness (QED) is 0.856. The van der Waals surface area contributed by atoms with E-state index in [4.69, 9.17) is 16.0 Å². The number of rotatable bonds is 3. The zero-order valence-electron chi connectivity index (χ0n) is 11.7. The average molecular weight is 285 g/mol. The van der Waals surface area contributed by atoms with Crippen molar-refractivity contribution in [3.8, 4) is 0 Å². The van der Waals surface area contributed by atoms with Gasteiger partial charge in [-0.1, -0.05) is 0 Å². The molecule has 5 heteroatoms. The van der Waals surface area contributed by atoms with Crippen molar-refractivity contribution in [2.45, 2.75) is 38.8 Å². The van der Waals surface area contributed by atoms with Gasteiger partial charge in [-0.15, -0.1) is 0 Å². The highest BCUT2D eigenvalue weighted by Crippen LogP contribution is 2.22. The second-order valence-electron chi connectivity index (χ2n) is 5.38. The second kappa shape index (κ2) is 5.97. The van der Waals surface area contributed by atoms with Crippen LogP contribution in [0.15, 0.2) is 16.7 Å². The number of furan rings is 1. The van der Waals surface area contributed by atoms with E-state index in [1.807, 2.05) is 7.05 Å². The largest absolute Gasteiger partial charge is 0.452 e. The molecule has 2 rings (SSSR count). The van der Waals surface area contributed by atoms with E-state index in [0.29, 0.717) is 11.6 Å². The Labute approximate surface area is 119 Å². The molecule has 0 radical (unpaired) electrons. The van der Waals surface area contributed by atoms with Crippen molar-refractivity contribution in [3.05, 3.63) is 23.1 Å². The molecule has 0 spiro atoms. The summed E-state index contributed by atoms with van der Waals surface area (Å²) in [7, 11) is 1.85. The third kappa shape index (κ3) is 3.12. The molecule has 1 amide bonds. The molecule has 0 bridgehead atoms. The predicted molar refractivity (Wildman–Crippen MR) is 75.5 cm³/mol. The van der Waals surface area contributed by atoms with Gasteiger partial charge in [0.1, 0.15) is 0 Å². The summed E-state index contributed by atoms with van der Waals surface area (Å²) in [6.45, 7) is 6.50. The number of amides is 1. The lowest BCUT2D eigenvalue weighted by Crippen LogP contribution is -2.47. The number of halogens is 1. The summed E-state index contributed by atoms with van der Waals surface area (Å²) < 4.78 is 4.98. The monoisotopic (exact) mass is 284 g/mol. The van der Waals surface area contributed by atoms with Gasteiger partial charge in [0.15, 0.2) is 0 Å². The van der Waals surface area contributed by atoms with Gasteiger partial charge >= 0.3 is 0 Å². The minimum Gasteiger partial charge on any atom is -0.452 e. The summed E-state index contributed by atoms with van der Waals surface area (Å²) in [6.07, 6.45) is 3.47. The van der Waals surface area contributed by atoms with E-state index in [2.05, 4.69) is 18.7 Å². The van der Waals surface area contributed by atoms with E-state index in [0.717, 1.165) is 25.9 Å². The van der Waals surface area contributed by atoms with Gasteiger partial charge in [0.25, 0.3) is 5.91 Å². The molecule has 0 aromatic carbocycles. The van der Waals surface area contributed by atoms with Gasteiger partial charge in [-0.2, -0.15) is 0 Å². The van der Waals surface area contributed by atoms with Crippen LogP contribution in [0.3, 0.4) is 0 Å². The van der Waals surface area contributed by atoms with Gasteiger partial charge in [-0.05, 0) is 44.4 Å². The first-order valence-electron chi connectivity index (χ1n) is 6.75. The minimum atomic E-state index is -0.0539. The standard InChI is InChI=1S/C14H21ClN2O2/c1-10(2)17-7-4-11(5-8-17)16(3)14(18)12-6-9-19-13(12)15/h6,9-11H,4-5,7-8H2,1-3H3. The van der Waals surface area contributed by atoms with Gasteiger partial charge in [0.05, 0.1) is 11.8 Å². The first kappa shape index (κ1) is 14.4. The number of hydrogen-bond acceptors (Lipinski definition) is 3. The van der Waals surface area contributed by atoms with Crippen LogP contribution in [-0.2, 0) is 0 Å². The summed E-state index contributed by atoms with van der Waals surface area (Å²) in [4.78, 5) is 16.6. The van der Waals surface area contributed by atoms with E-state index >= 15 is 0 Å². The van der Waals surface area contributed by atoms with Crippen LogP contribution in [0.4, 0.5) is 0 Å². The molecular weight excluding hydrogens is 264 g/mol. The van der Waals surface area contributed by atoms with Crippen molar-refractivity contribution in [3.63, 3.8) is 0 Å². The molecule has 1 fully saturated rings. The van der Waals surface area contributed by atoms with Crippen LogP contribution in [0.5, 0.6) is 0 Å². The van der Waals surface area contributed by atoms with Gasteiger partial charge in [0.2, 0.25) is 5.22 Å². The highest BCUT2D eigenvalue weighted by molar-refractivity contribution is 6.32. The van der Waals surface area contributed by atoms with E-state index in [9.17, 15) is 4.79 Å². The SMILES string of the molecule is CC(C)N1CCC(N(C)C(=O)c2ccoc2Cl)CC1. The van der Waals surface area contributed by atoms with Crippen LogP contribution in [-0.4, -0.2) is 47.9 Å². The normalized spacial score (nSPS) is 17.9. The number of carbonyl (C=O) groups excluding carboxylic acids is 1. The number of hydrogen-bond donors (Lipinski definition) is 0. The van der Waals surface area contributed by atoms with Crippen molar-refractivity contribution in [2.24, 2.45) is 0 Å². The summed E-state index contributed by atoms with van der Waals surface area (Å²) in [5.41, 5.74) is 0.454. The number of carbonyl (C=O) groups is 1. The molecule has 0 aliphatic carbocycles. The Morgan fingerprint density at radius 2 is 2.11 bits per heavy atom. The van der Waals surface area contributed by atoms with Gasteiger partial charge in [-0.3, -0.25) is 4.79 Å². The van der Waals surface area contributed by atoms with E-state index < -0.39 is 0 Å². The first-order chi connectivity index (χ1) is 9.00. The zero-order valence-corrected chi connectivity index (χ0v) is 12.5. The molecule has 0 N–H and O–H groups in total. The molecule has 4 nitrogen and oxygen atoms in total. The molecule has 106 valence electrons. The molecule has 1 aliphatic rings. The maximum atomic E-state index is 12.3. The lowest BCUT2D eigenvalue weighted by Gasteiger charge is -2.38. The molecule has 2 heterocycles. The third-order valence-electron chi connectivity index (χ3n) is 3.95. The molecule has 19 heavy (non-hydrogen) atoms. The molecule has 1 saturated heterocycles. The fourth-order valence-electron chi connectivity index (χ4n) is 2.59. The third-order valence-corrected chi connectivity index (χ3v) is 4.24. The highest BCUT2D eigenvalue weighted by atomic mass is 35.5. The van der Waals surface area contributed by atoms with E-state index in [1.54, 1.807) is 11.0 Å². The molecular formula is C14H21ClN2O2. The summed E-state index contributed by atoms with van der Waals surface area (Å²) in [6, 6.07) is 2.49. The molecule has 0 unspecified atom stereocenters. The van der Waals surface area contributed by atoms with Crippen molar-refractivity contribution in [1.29, 1.82) is 0 Å². The second-order valence-corrected chi connectivity index (χ2v) is 5.73. The number of nitrogens with zero attached hydrogens (tertiary/aromatic N) is 2. The molecule has 0 saturated carbocycles. The number of likely N-dealkylation sites (tertiary alicyclic amines) is 1. The predicted octanol–water partition coefficient (Wildman–Crippen LogP) is 2.88. The Morgan fingerprint density at radius 1 is 1.47 bits per heavy atom. The van der Waals surface area contributed by atoms with Crippen molar-refractivity contribution < 1.29 is 9.21 Å². The summed E-state index contributed by atoms with van der Waals surface area (Å²) in [5, 5.41) is 0.177. The molecule has 0 atom stereocenters. The maximum absolute atomic E-state index is 12.3. The average Bonchev–Trinajstić information content (AvgIpc) is 2.83. The smallest absolute Gasteiger partial charge is 0.258 e. The molecule has 1 aliphatic heterocycles. The van der Waals surface area contributed by atoms with E-state index in [-0.39, 0.29) is 17.2 Å². The molecule has 1 aromatic rings. The Morgan fingerprint density at radius 3 is 2.58 bits per heavy atom. The maximum Gasteiger partial charge on any atom is 0.258 e. The Bertz CT molecular complexity index is 436. The van der Waals surface area contributed by atoms with Gasteiger partial charge in [0, 0.05) is 32.2 Å². The van der Waals surface area contributed by atoms with Crippen LogP contribution < -0.4 is 0 Å². The van der Waals surface area contributed by atoms with Crippen molar-refractivity contribution in [2.75, 3.05) is 20.1 Å². The van der Waals surface area contributed by atoms with Crippen LogP contribution in [0.25, 0.3) is 0 Å². The first-order valence-corrected chi connectivity index (χ1v) is 7.12. The topological polar surface area (TPSA) is 36.7 Å². The van der Waals surface area contributed by atoms with Crippen molar-refractivity contribution >= 4 is 17.5 Å². The van der Waals surface area contributed by atoms with Crippen molar-refractivity contribution in [1.82, 2.24) is 9.80 Å². The minimum absolute atomic E-state index is 0.0539. The summed E-state index contributed by atoms with van der Waals surface area (Å²) >= 11 is 5.86. The Hall–Kier alpha value is -1.00. The summed E-state index contributed by atoms with van der Waals surface area (Å²) in [5.74, 6) is -0.0539. The van der Waals surface area contributed by atoms with Crippen LogP contribution in [0, 0.1) is 0 Å². The van der Waals surface area contributed by atoms with Crippen LogP contribution in [0.2, 0.25) is 5.22 Å². The van der Waals surface area contributed by atoms with Gasteiger partial charge < -0.3 is 14.2 Å².